The first-order valence-electron chi connectivity index (χ1n) is 8.78. The molecule has 136 valence electrons. The number of nitrogens with one attached hydrogen (secondary N) is 2. The summed E-state index contributed by atoms with van der Waals surface area (Å²) in [5, 5.41) is 9.82. The van der Waals surface area contributed by atoms with Crippen molar-refractivity contribution in [1.29, 1.82) is 0 Å². The van der Waals surface area contributed by atoms with Gasteiger partial charge in [-0.3, -0.25) is 19.8 Å². The van der Waals surface area contributed by atoms with Crippen LogP contribution in [0.25, 0.3) is 11.5 Å². The van der Waals surface area contributed by atoms with Crippen molar-refractivity contribution in [2.75, 3.05) is 26.7 Å². The number of hydrogen-bond acceptors (Lipinski definition) is 7. The molecule has 3 heterocycles. The van der Waals surface area contributed by atoms with E-state index in [4.69, 9.17) is 4.52 Å². The summed E-state index contributed by atoms with van der Waals surface area (Å²) in [6, 6.07) is 7.79. The van der Waals surface area contributed by atoms with Crippen LogP contribution in [0.3, 0.4) is 0 Å². The molecule has 0 aliphatic carbocycles. The summed E-state index contributed by atoms with van der Waals surface area (Å²) in [6.45, 7) is 2.71. The Bertz CT molecular complexity index is 816. The Morgan fingerprint density at radius 3 is 2.77 bits per heavy atom. The fraction of sp³-hybridized carbons (Fsp3) is 0.444. The second-order valence-electron chi connectivity index (χ2n) is 6.87. The lowest BCUT2D eigenvalue weighted by atomic mass is 9.97. The first-order chi connectivity index (χ1) is 12.6. The van der Waals surface area contributed by atoms with Crippen LogP contribution in [-0.2, 0) is 16.0 Å². The third kappa shape index (κ3) is 3.38. The maximum absolute atomic E-state index is 11.7. The van der Waals surface area contributed by atoms with E-state index >= 15 is 0 Å². The Morgan fingerprint density at radius 1 is 1.27 bits per heavy atom. The highest BCUT2D eigenvalue weighted by Gasteiger charge is 2.30. The predicted octanol–water partition coefficient (Wildman–Crippen LogP) is 0.518. The zero-order chi connectivity index (χ0) is 18.1. The van der Waals surface area contributed by atoms with Crippen LogP contribution in [0.2, 0.25) is 0 Å². The van der Waals surface area contributed by atoms with Gasteiger partial charge in [-0.25, -0.2) is 0 Å². The Kier molecular flexibility index (Phi) is 4.52. The molecule has 2 aliphatic heterocycles. The number of piperazine rings is 1. The lowest BCUT2D eigenvalue weighted by Crippen LogP contribution is -2.44. The fourth-order valence-corrected chi connectivity index (χ4v) is 3.42. The second-order valence-corrected chi connectivity index (χ2v) is 6.87. The molecule has 26 heavy (non-hydrogen) atoms. The lowest BCUT2D eigenvalue weighted by Gasteiger charge is -2.30. The predicted molar refractivity (Wildman–Crippen MR) is 92.9 cm³/mol. The molecule has 8 heteroatoms. The number of rotatable bonds is 4. The number of nitrogens with zero attached hydrogens (tertiary/aromatic N) is 3. The van der Waals surface area contributed by atoms with E-state index in [0.717, 1.165) is 30.8 Å². The van der Waals surface area contributed by atoms with Crippen molar-refractivity contribution < 1.29 is 14.1 Å². The Labute approximate surface area is 150 Å². The van der Waals surface area contributed by atoms with Gasteiger partial charge in [0.25, 0.3) is 5.89 Å². The third-order valence-electron chi connectivity index (χ3n) is 5.00. The molecule has 4 rings (SSSR count). The molecule has 2 aromatic rings. The van der Waals surface area contributed by atoms with Crippen LogP contribution in [0.15, 0.2) is 28.8 Å². The molecule has 0 spiro atoms. The molecule has 1 aromatic heterocycles. The first kappa shape index (κ1) is 16.9. The number of carbonyl (C=O) groups is 2. The van der Waals surface area contributed by atoms with Gasteiger partial charge in [-0.2, -0.15) is 4.98 Å². The normalized spacial score (nSPS) is 24.0. The van der Waals surface area contributed by atoms with E-state index in [0.29, 0.717) is 18.1 Å². The van der Waals surface area contributed by atoms with E-state index in [2.05, 4.69) is 32.7 Å². The van der Waals surface area contributed by atoms with E-state index in [1.54, 1.807) is 0 Å². The molecular formula is C18H21N5O3. The highest BCUT2D eigenvalue weighted by atomic mass is 16.5. The van der Waals surface area contributed by atoms with Gasteiger partial charge in [0.2, 0.25) is 11.8 Å². The van der Waals surface area contributed by atoms with E-state index < -0.39 is 0 Å². The smallest absolute Gasteiger partial charge is 0.257 e. The number of likely N-dealkylation sites (N-methyl/N-ethyl adjacent to an activating group) is 1. The van der Waals surface area contributed by atoms with Crippen LogP contribution in [0.4, 0.5) is 0 Å². The van der Waals surface area contributed by atoms with Crippen LogP contribution < -0.4 is 10.6 Å². The number of hydrogen-bond donors (Lipinski definition) is 2. The van der Waals surface area contributed by atoms with E-state index in [9.17, 15) is 9.59 Å². The number of carbonyl (C=O) groups excluding carboxylic acids is 2. The van der Waals surface area contributed by atoms with Crippen LogP contribution >= 0.6 is 0 Å². The maximum atomic E-state index is 11.7. The average molecular weight is 355 g/mol. The molecule has 1 aromatic carbocycles. The van der Waals surface area contributed by atoms with Crippen molar-refractivity contribution in [3.8, 4) is 11.5 Å². The molecule has 2 saturated heterocycles. The van der Waals surface area contributed by atoms with Crippen molar-refractivity contribution in [2.24, 2.45) is 5.92 Å². The van der Waals surface area contributed by atoms with Crippen LogP contribution in [-0.4, -0.2) is 53.5 Å². The van der Waals surface area contributed by atoms with Crippen molar-refractivity contribution in [2.45, 2.75) is 18.9 Å². The topological polar surface area (TPSA) is 100 Å². The molecule has 0 radical (unpaired) electrons. The van der Waals surface area contributed by atoms with Crippen molar-refractivity contribution in [3.05, 3.63) is 35.7 Å². The Morgan fingerprint density at radius 2 is 2.08 bits per heavy atom. The molecule has 2 N–H and O–H groups in total. The Hall–Kier alpha value is -2.58. The summed E-state index contributed by atoms with van der Waals surface area (Å²) < 4.78 is 5.43. The lowest BCUT2D eigenvalue weighted by molar-refractivity contribution is -0.125. The fourth-order valence-electron chi connectivity index (χ4n) is 3.42. The van der Waals surface area contributed by atoms with Crippen LogP contribution in [0, 0.1) is 5.92 Å². The number of amides is 2. The number of aromatic nitrogens is 2. The Balaban J connectivity index is 1.45. The van der Waals surface area contributed by atoms with Gasteiger partial charge in [0.05, 0.1) is 12.0 Å². The van der Waals surface area contributed by atoms with Gasteiger partial charge in [-0.1, -0.05) is 17.3 Å². The van der Waals surface area contributed by atoms with Crippen molar-refractivity contribution in [3.63, 3.8) is 0 Å². The molecule has 2 aliphatic rings. The highest BCUT2D eigenvalue weighted by Crippen LogP contribution is 2.24. The monoisotopic (exact) mass is 355 g/mol. The summed E-state index contributed by atoms with van der Waals surface area (Å²) in [4.78, 5) is 29.7. The van der Waals surface area contributed by atoms with Gasteiger partial charge in [-0.05, 0) is 31.2 Å². The maximum Gasteiger partial charge on any atom is 0.257 e. The minimum absolute atomic E-state index is 0.110. The molecule has 2 amide bonds. The second kappa shape index (κ2) is 6.97. The van der Waals surface area contributed by atoms with E-state index in [1.165, 1.54) is 0 Å². The summed E-state index contributed by atoms with van der Waals surface area (Å²) in [5.74, 6) is 0.500. The van der Waals surface area contributed by atoms with Crippen LogP contribution in [0.1, 0.15) is 23.9 Å². The minimum Gasteiger partial charge on any atom is -0.334 e. The molecule has 0 bridgehead atoms. The average Bonchev–Trinajstić information content (AvgIpc) is 3.23. The zero-order valence-electron chi connectivity index (χ0n) is 14.6. The third-order valence-corrected chi connectivity index (χ3v) is 5.00. The van der Waals surface area contributed by atoms with E-state index in [-0.39, 0.29) is 30.2 Å². The molecule has 2 atom stereocenters. The standard InChI is InChI=1S/C18H21N5O3/c1-23-7-6-19-10-14(23)16-21-18(26-22-16)12-4-2-11(3-5-12)8-13-9-15(24)20-17(13)25/h2-5,13-14,19H,6-10H2,1H3,(H,20,24,25). The van der Waals surface area contributed by atoms with Gasteiger partial charge >= 0.3 is 0 Å². The van der Waals surface area contributed by atoms with Crippen molar-refractivity contribution >= 4 is 11.8 Å². The van der Waals surface area contributed by atoms with Gasteiger partial charge in [0.15, 0.2) is 5.82 Å². The van der Waals surface area contributed by atoms with Gasteiger partial charge in [0, 0.05) is 31.6 Å². The summed E-state index contributed by atoms with van der Waals surface area (Å²) >= 11 is 0. The molecule has 8 nitrogen and oxygen atoms in total. The van der Waals surface area contributed by atoms with Crippen molar-refractivity contribution in [1.82, 2.24) is 25.7 Å². The molecule has 2 fully saturated rings. The summed E-state index contributed by atoms with van der Waals surface area (Å²) in [7, 11) is 2.06. The molecule has 0 saturated carbocycles. The van der Waals surface area contributed by atoms with Gasteiger partial charge < -0.3 is 9.84 Å². The summed E-state index contributed by atoms with van der Waals surface area (Å²) in [5.41, 5.74) is 1.84. The largest absolute Gasteiger partial charge is 0.334 e. The van der Waals surface area contributed by atoms with E-state index in [1.807, 2.05) is 24.3 Å². The van der Waals surface area contributed by atoms with Gasteiger partial charge in [0.1, 0.15) is 0 Å². The number of imide groups is 1. The molecule has 2 unspecified atom stereocenters. The SMILES string of the molecule is CN1CCNCC1c1noc(-c2ccc(CC3CC(=O)NC3=O)cc2)n1. The zero-order valence-corrected chi connectivity index (χ0v) is 14.6. The number of benzene rings is 1. The highest BCUT2D eigenvalue weighted by molar-refractivity contribution is 6.03. The first-order valence-corrected chi connectivity index (χ1v) is 8.78. The quantitative estimate of drug-likeness (QED) is 0.771. The summed E-state index contributed by atoms with van der Waals surface area (Å²) in [6.07, 6.45) is 0.808. The van der Waals surface area contributed by atoms with Gasteiger partial charge in [-0.15, -0.1) is 0 Å². The van der Waals surface area contributed by atoms with Crippen LogP contribution in [0.5, 0.6) is 0 Å². The minimum atomic E-state index is -0.280. The molecular weight excluding hydrogens is 334 g/mol.